The summed E-state index contributed by atoms with van der Waals surface area (Å²) < 4.78 is 5.71. The molecule has 1 aliphatic rings. The molecule has 0 spiro atoms. The van der Waals surface area contributed by atoms with Gasteiger partial charge in [0.05, 0.1) is 6.10 Å². The number of nitrogens with two attached hydrogens (primary N) is 1. The zero-order chi connectivity index (χ0) is 11.2. The van der Waals surface area contributed by atoms with Crippen LogP contribution >= 0.6 is 11.8 Å². The van der Waals surface area contributed by atoms with Crippen molar-refractivity contribution in [2.45, 2.75) is 36.8 Å². The Balaban J connectivity index is 1.83. The molecule has 88 valence electrons. The molecule has 16 heavy (non-hydrogen) atoms. The molecule has 1 unspecified atom stereocenters. The van der Waals surface area contributed by atoms with Gasteiger partial charge in [0, 0.05) is 23.8 Å². The predicted molar refractivity (Wildman–Crippen MR) is 68.6 cm³/mol. The zero-order valence-electron chi connectivity index (χ0n) is 9.52. The van der Waals surface area contributed by atoms with E-state index in [-0.39, 0.29) is 0 Å². The molecule has 1 atom stereocenters. The highest BCUT2D eigenvalue weighted by molar-refractivity contribution is 7.99. The Morgan fingerprint density at radius 3 is 3.06 bits per heavy atom. The third kappa shape index (κ3) is 3.51. The number of hydrogen-bond donors (Lipinski definition) is 1. The molecule has 3 heteroatoms. The van der Waals surface area contributed by atoms with Crippen LogP contribution in [0.3, 0.4) is 0 Å². The number of hydrogen-bond acceptors (Lipinski definition) is 3. The maximum Gasteiger partial charge on any atom is 0.0669 e. The standard InChI is InChI=1S/C13H19NOS/c14-9-11-4-3-6-13(8-11)16-10-12-5-1-2-7-15-12/h3-4,6,8,12H,1-2,5,7,9-10,14H2. The van der Waals surface area contributed by atoms with Crippen molar-refractivity contribution in [1.29, 1.82) is 0 Å². The van der Waals surface area contributed by atoms with Gasteiger partial charge in [-0.2, -0.15) is 0 Å². The first kappa shape index (κ1) is 12.0. The summed E-state index contributed by atoms with van der Waals surface area (Å²) in [7, 11) is 0. The normalized spacial score (nSPS) is 20.9. The van der Waals surface area contributed by atoms with Crippen molar-refractivity contribution < 1.29 is 4.74 Å². The highest BCUT2D eigenvalue weighted by Gasteiger charge is 2.13. The van der Waals surface area contributed by atoms with E-state index in [1.165, 1.54) is 29.7 Å². The molecular weight excluding hydrogens is 218 g/mol. The van der Waals surface area contributed by atoms with Crippen LogP contribution in [-0.4, -0.2) is 18.5 Å². The van der Waals surface area contributed by atoms with Gasteiger partial charge in [-0.1, -0.05) is 12.1 Å². The molecule has 1 aliphatic heterocycles. The summed E-state index contributed by atoms with van der Waals surface area (Å²) in [6.07, 6.45) is 4.20. The van der Waals surface area contributed by atoms with E-state index in [0.717, 1.165) is 12.4 Å². The molecule has 1 heterocycles. The Morgan fingerprint density at radius 1 is 1.38 bits per heavy atom. The lowest BCUT2D eigenvalue weighted by molar-refractivity contribution is 0.0315. The summed E-state index contributed by atoms with van der Waals surface area (Å²) in [5, 5.41) is 0. The van der Waals surface area contributed by atoms with Crippen LogP contribution < -0.4 is 5.73 Å². The van der Waals surface area contributed by atoms with Gasteiger partial charge >= 0.3 is 0 Å². The lowest BCUT2D eigenvalue weighted by Gasteiger charge is -2.22. The lowest BCUT2D eigenvalue weighted by Crippen LogP contribution is -2.21. The van der Waals surface area contributed by atoms with Crippen molar-refractivity contribution in [3.8, 4) is 0 Å². The third-order valence-corrected chi connectivity index (χ3v) is 3.97. The van der Waals surface area contributed by atoms with Crippen LogP contribution in [0.25, 0.3) is 0 Å². The predicted octanol–water partition coefficient (Wildman–Crippen LogP) is 2.81. The first-order valence-electron chi connectivity index (χ1n) is 5.92. The fraction of sp³-hybridized carbons (Fsp3) is 0.538. The van der Waals surface area contributed by atoms with Crippen LogP contribution in [0, 0.1) is 0 Å². The topological polar surface area (TPSA) is 35.2 Å². The van der Waals surface area contributed by atoms with Gasteiger partial charge < -0.3 is 10.5 Å². The first-order valence-corrected chi connectivity index (χ1v) is 6.90. The van der Waals surface area contributed by atoms with Crippen LogP contribution in [0.5, 0.6) is 0 Å². The summed E-state index contributed by atoms with van der Waals surface area (Å²) in [6.45, 7) is 1.56. The summed E-state index contributed by atoms with van der Waals surface area (Å²) in [5.74, 6) is 1.06. The number of benzene rings is 1. The summed E-state index contributed by atoms with van der Waals surface area (Å²) in [6, 6.07) is 8.47. The molecule has 2 nitrogen and oxygen atoms in total. The van der Waals surface area contributed by atoms with Crippen molar-refractivity contribution in [2.75, 3.05) is 12.4 Å². The van der Waals surface area contributed by atoms with E-state index in [2.05, 4.69) is 24.3 Å². The molecule has 0 saturated carbocycles. The van der Waals surface area contributed by atoms with E-state index in [1.807, 2.05) is 11.8 Å². The SMILES string of the molecule is NCc1cccc(SCC2CCCCO2)c1. The molecule has 2 N–H and O–H groups in total. The van der Waals surface area contributed by atoms with Crippen molar-refractivity contribution >= 4 is 11.8 Å². The van der Waals surface area contributed by atoms with Crippen molar-refractivity contribution in [3.63, 3.8) is 0 Å². The minimum Gasteiger partial charge on any atom is -0.377 e. The van der Waals surface area contributed by atoms with E-state index in [4.69, 9.17) is 10.5 Å². The summed E-state index contributed by atoms with van der Waals surface area (Å²) >= 11 is 1.88. The first-order chi connectivity index (χ1) is 7.88. The molecule has 0 radical (unpaired) electrons. The molecule has 1 fully saturated rings. The van der Waals surface area contributed by atoms with Crippen molar-refractivity contribution in [3.05, 3.63) is 29.8 Å². The van der Waals surface area contributed by atoms with Gasteiger partial charge in [0.1, 0.15) is 0 Å². The fourth-order valence-electron chi connectivity index (χ4n) is 1.89. The summed E-state index contributed by atoms with van der Waals surface area (Å²) in [4.78, 5) is 1.30. The molecule has 1 saturated heterocycles. The second kappa shape index (κ2) is 6.28. The molecule has 0 aliphatic carbocycles. The lowest BCUT2D eigenvalue weighted by atomic mass is 10.1. The largest absolute Gasteiger partial charge is 0.377 e. The average Bonchev–Trinajstić information content (AvgIpc) is 2.38. The minimum absolute atomic E-state index is 0.445. The highest BCUT2D eigenvalue weighted by Crippen LogP contribution is 2.24. The van der Waals surface area contributed by atoms with Gasteiger partial charge in [-0.05, 0) is 37.0 Å². The zero-order valence-corrected chi connectivity index (χ0v) is 10.3. The molecule has 0 aromatic heterocycles. The maximum atomic E-state index is 5.71. The summed E-state index contributed by atoms with van der Waals surface area (Å²) in [5.41, 5.74) is 6.83. The van der Waals surface area contributed by atoms with Crippen LogP contribution in [0.2, 0.25) is 0 Å². The van der Waals surface area contributed by atoms with E-state index < -0.39 is 0 Å². The molecule has 0 amide bonds. The second-order valence-electron chi connectivity index (χ2n) is 4.15. The Kier molecular flexibility index (Phi) is 4.69. The number of ether oxygens (including phenoxy) is 1. The van der Waals surface area contributed by atoms with Gasteiger partial charge in [-0.3, -0.25) is 0 Å². The van der Waals surface area contributed by atoms with Crippen molar-refractivity contribution in [2.24, 2.45) is 5.73 Å². The molecule has 1 aromatic carbocycles. The number of rotatable bonds is 4. The smallest absolute Gasteiger partial charge is 0.0669 e. The molecule has 2 rings (SSSR count). The minimum atomic E-state index is 0.445. The number of thioether (sulfide) groups is 1. The van der Waals surface area contributed by atoms with Crippen LogP contribution in [0.15, 0.2) is 29.2 Å². The molecular formula is C13H19NOS. The van der Waals surface area contributed by atoms with E-state index in [0.29, 0.717) is 12.6 Å². The maximum absolute atomic E-state index is 5.71. The quantitative estimate of drug-likeness (QED) is 0.818. The van der Waals surface area contributed by atoms with Crippen LogP contribution in [0.4, 0.5) is 0 Å². The molecule has 1 aromatic rings. The van der Waals surface area contributed by atoms with Gasteiger partial charge in [0.2, 0.25) is 0 Å². The van der Waals surface area contributed by atoms with E-state index in [1.54, 1.807) is 0 Å². The van der Waals surface area contributed by atoms with E-state index >= 15 is 0 Å². The van der Waals surface area contributed by atoms with Crippen LogP contribution in [-0.2, 0) is 11.3 Å². The molecule has 0 bridgehead atoms. The highest BCUT2D eigenvalue weighted by atomic mass is 32.2. The Hall–Kier alpha value is -0.510. The third-order valence-electron chi connectivity index (χ3n) is 2.84. The fourth-order valence-corrected chi connectivity index (χ4v) is 2.94. The van der Waals surface area contributed by atoms with E-state index in [9.17, 15) is 0 Å². The van der Waals surface area contributed by atoms with Crippen molar-refractivity contribution in [1.82, 2.24) is 0 Å². The van der Waals surface area contributed by atoms with Gasteiger partial charge in [-0.25, -0.2) is 0 Å². The second-order valence-corrected chi connectivity index (χ2v) is 5.24. The van der Waals surface area contributed by atoms with Gasteiger partial charge in [0.15, 0.2) is 0 Å². The average molecular weight is 237 g/mol. The monoisotopic (exact) mass is 237 g/mol. The Labute approximate surface area is 102 Å². The Morgan fingerprint density at radius 2 is 2.31 bits per heavy atom. The van der Waals surface area contributed by atoms with Gasteiger partial charge in [0.25, 0.3) is 0 Å². The Bertz CT molecular complexity index is 323. The van der Waals surface area contributed by atoms with Crippen LogP contribution in [0.1, 0.15) is 24.8 Å². The van der Waals surface area contributed by atoms with Gasteiger partial charge in [-0.15, -0.1) is 11.8 Å².